The van der Waals surface area contributed by atoms with Gasteiger partial charge in [-0.15, -0.1) is 0 Å². The number of carboxylic acids is 1. The summed E-state index contributed by atoms with van der Waals surface area (Å²) in [6, 6.07) is 10.2. The highest BCUT2D eigenvalue weighted by Crippen LogP contribution is 2.25. The molecule has 1 heterocycles. The average Bonchev–Trinajstić information content (AvgIpc) is 2.80. The van der Waals surface area contributed by atoms with Gasteiger partial charge in [-0.1, -0.05) is 30.3 Å². The number of carbonyl (C=O) groups is 1. The summed E-state index contributed by atoms with van der Waals surface area (Å²) in [6.07, 6.45) is 4.08. The Morgan fingerprint density at radius 2 is 2.16 bits per heavy atom. The van der Waals surface area contributed by atoms with Gasteiger partial charge in [0.25, 0.3) is 0 Å². The summed E-state index contributed by atoms with van der Waals surface area (Å²) in [6.45, 7) is 0.742. The van der Waals surface area contributed by atoms with Crippen molar-refractivity contribution in [2.75, 3.05) is 0 Å². The predicted octanol–water partition coefficient (Wildman–Crippen LogP) is 2.12. The van der Waals surface area contributed by atoms with E-state index in [2.05, 4.69) is 17.2 Å². The molecule has 1 aliphatic rings. The summed E-state index contributed by atoms with van der Waals surface area (Å²) < 4.78 is 1.92. The number of fused-ring (bicyclic) bond motifs is 1. The number of aliphatic carboxylic acids is 1. The van der Waals surface area contributed by atoms with Crippen LogP contribution in [-0.4, -0.2) is 20.9 Å². The molecule has 0 saturated carbocycles. The van der Waals surface area contributed by atoms with E-state index in [9.17, 15) is 4.79 Å². The first-order valence-corrected chi connectivity index (χ1v) is 6.54. The Labute approximate surface area is 111 Å². The lowest BCUT2D eigenvalue weighted by atomic mass is 9.88. The monoisotopic (exact) mass is 256 g/mol. The molecule has 1 atom stereocenters. The van der Waals surface area contributed by atoms with Crippen molar-refractivity contribution in [3.05, 3.63) is 53.3 Å². The number of rotatable bonds is 3. The minimum absolute atomic E-state index is 0.248. The molecule has 1 aromatic heterocycles. The zero-order valence-corrected chi connectivity index (χ0v) is 10.6. The fourth-order valence-corrected chi connectivity index (χ4v) is 2.62. The highest BCUT2D eigenvalue weighted by Gasteiger charge is 2.26. The Bertz CT molecular complexity index is 589. The minimum atomic E-state index is -0.693. The molecule has 0 fully saturated rings. The second kappa shape index (κ2) is 4.88. The zero-order valence-electron chi connectivity index (χ0n) is 10.6. The topological polar surface area (TPSA) is 55.1 Å². The maximum atomic E-state index is 11.0. The first-order chi connectivity index (χ1) is 9.22. The van der Waals surface area contributed by atoms with E-state index in [1.807, 2.05) is 29.1 Å². The number of aryl methyl sites for hydroxylation is 1. The highest BCUT2D eigenvalue weighted by atomic mass is 16.4. The quantitative estimate of drug-likeness (QED) is 0.915. The Morgan fingerprint density at radius 3 is 2.89 bits per heavy atom. The lowest BCUT2D eigenvalue weighted by Crippen LogP contribution is -2.21. The smallest absolute Gasteiger partial charge is 0.306 e. The van der Waals surface area contributed by atoms with Crippen LogP contribution in [0.5, 0.6) is 0 Å². The van der Waals surface area contributed by atoms with Crippen molar-refractivity contribution in [1.82, 2.24) is 9.78 Å². The maximum absolute atomic E-state index is 11.0. The van der Waals surface area contributed by atoms with Crippen molar-refractivity contribution in [3.63, 3.8) is 0 Å². The van der Waals surface area contributed by atoms with Gasteiger partial charge in [-0.3, -0.25) is 9.48 Å². The summed E-state index contributed by atoms with van der Waals surface area (Å²) in [5, 5.41) is 13.6. The third-order valence-electron chi connectivity index (χ3n) is 3.66. The summed E-state index contributed by atoms with van der Waals surface area (Å²) in [5.41, 5.74) is 3.36. The van der Waals surface area contributed by atoms with Crippen molar-refractivity contribution in [1.29, 1.82) is 0 Å². The molecule has 2 aromatic rings. The second-order valence-electron chi connectivity index (χ2n) is 5.06. The number of hydrogen-bond donors (Lipinski definition) is 1. The third-order valence-corrected chi connectivity index (χ3v) is 3.66. The van der Waals surface area contributed by atoms with Crippen molar-refractivity contribution in [3.8, 4) is 0 Å². The molecule has 4 nitrogen and oxygen atoms in total. The lowest BCUT2D eigenvalue weighted by Gasteiger charge is -2.16. The van der Waals surface area contributed by atoms with E-state index < -0.39 is 5.97 Å². The minimum Gasteiger partial charge on any atom is -0.481 e. The number of carboxylic acid groups (broad SMARTS) is 1. The zero-order chi connectivity index (χ0) is 13.2. The number of hydrogen-bond acceptors (Lipinski definition) is 2. The van der Waals surface area contributed by atoms with Gasteiger partial charge in [0.1, 0.15) is 0 Å². The summed E-state index contributed by atoms with van der Waals surface area (Å²) in [4.78, 5) is 11.0. The van der Waals surface area contributed by atoms with Gasteiger partial charge in [-0.25, -0.2) is 0 Å². The van der Waals surface area contributed by atoms with Crippen LogP contribution in [-0.2, 0) is 24.2 Å². The Morgan fingerprint density at radius 1 is 1.37 bits per heavy atom. The van der Waals surface area contributed by atoms with Crippen molar-refractivity contribution in [2.24, 2.45) is 5.92 Å². The molecule has 19 heavy (non-hydrogen) atoms. The Balaban J connectivity index is 1.78. The Hall–Kier alpha value is -2.10. The molecule has 0 spiro atoms. The molecule has 1 aromatic carbocycles. The largest absolute Gasteiger partial charge is 0.481 e. The SMILES string of the molecule is O=C(O)[C@@H]1CCc2nn(Cc3ccccc3)cc2C1. The number of benzene rings is 1. The maximum Gasteiger partial charge on any atom is 0.306 e. The van der Waals surface area contributed by atoms with Crippen molar-refractivity contribution >= 4 is 5.97 Å². The van der Waals surface area contributed by atoms with Crippen LogP contribution in [0.3, 0.4) is 0 Å². The fraction of sp³-hybridized carbons (Fsp3) is 0.333. The van der Waals surface area contributed by atoms with E-state index >= 15 is 0 Å². The molecule has 0 bridgehead atoms. The van der Waals surface area contributed by atoms with Gasteiger partial charge < -0.3 is 5.11 Å². The van der Waals surface area contributed by atoms with Crippen LogP contribution in [0.25, 0.3) is 0 Å². The molecule has 3 rings (SSSR count). The summed E-state index contributed by atoms with van der Waals surface area (Å²) in [5.74, 6) is -0.941. The van der Waals surface area contributed by atoms with Gasteiger partial charge in [0.05, 0.1) is 18.2 Å². The highest BCUT2D eigenvalue weighted by molar-refractivity contribution is 5.70. The van der Waals surface area contributed by atoms with E-state index in [0.29, 0.717) is 12.8 Å². The standard InChI is InChI=1S/C15H16N2O2/c18-15(19)12-6-7-14-13(8-12)10-17(16-14)9-11-4-2-1-3-5-11/h1-5,10,12H,6-9H2,(H,18,19)/t12-/m1/s1. The van der Waals surface area contributed by atoms with Crippen LogP contribution >= 0.6 is 0 Å². The molecule has 0 radical (unpaired) electrons. The van der Waals surface area contributed by atoms with E-state index in [1.54, 1.807) is 0 Å². The molecule has 0 saturated heterocycles. The summed E-state index contributed by atoms with van der Waals surface area (Å²) >= 11 is 0. The van der Waals surface area contributed by atoms with Crippen molar-refractivity contribution < 1.29 is 9.90 Å². The Kier molecular flexibility index (Phi) is 3.07. The molecule has 98 valence electrons. The number of aromatic nitrogens is 2. The molecule has 0 unspecified atom stereocenters. The molecule has 1 aliphatic carbocycles. The first-order valence-electron chi connectivity index (χ1n) is 6.54. The lowest BCUT2D eigenvalue weighted by molar-refractivity contribution is -0.142. The summed E-state index contributed by atoms with van der Waals surface area (Å²) in [7, 11) is 0. The predicted molar refractivity (Wildman–Crippen MR) is 70.9 cm³/mol. The molecular weight excluding hydrogens is 240 g/mol. The van der Waals surface area contributed by atoms with Crippen molar-refractivity contribution in [2.45, 2.75) is 25.8 Å². The van der Waals surface area contributed by atoms with Gasteiger partial charge in [0.2, 0.25) is 0 Å². The van der Waals surface area contributed by atoms with Gasteiger partial charge in [0, 0.05) is 6.20 Å². The first kappa shape index (κ1) is 12.0. The molecule has 0 amide bonds. The average molecular weight is 256 g/mol. The normalized spacial score (nSPS) is 18.0. The van der Waals surface area contributed by atoms with E-state index in [1.165, 1.54) is 5.56 Å². The molecular formula is C15H16N2O2. The van der Waals surface area contributed by atoms with Gasteiger partial charge in [-0.2, -0.15) is 5.10 Å². The third kappa shape index (κ3) is 2.52. The van der Waals surface area contributed by atoms with E-state index in [-0.39, 0.29) is 5.92 Å². The number of nitrogens with zero attached hydrogens (tertiary/aromatic N) is 2. The molecule has 1 N–H and O–H groups in total. The van der Waals surface area contributed by atoms with Crippen LogP contribution in [0, 0.1) is 5.92 Å². The van der Waals surface area contributed by atoms with Gasteiger partial charge >= 0.3 is 5.97 Å². The molecule has 4 heteroatoms. The van der Waals surface area contributed by atoms with Crippen LogP contribution in [0.15, 0.2) is 36.5 Å². The van der Waals surface area contributed by atoms with Crippen LogP contribution in [0.1, 0.15) is 23.2 Å². The van der Waals surface area contributed by atoms with Crippen LogP contribution in [0.2, 0.25) is 0 Å². The van der Waals surface area contributed by atoms with E-state index in [0.717, 1.165) is 24.2 Å². The molecule has 0 aliphatic heterocycles. The van der Waals surface area contributed by atoms with Gasteiger partial charge in [0.15, 0.2) is 0 Å². The second-order valence-corrected chi connectivity index (χ2v) is 5.06. The fourth-order valence-electron chi connectivity index (χ4n) is 2.62. The van der Waals surface area contributed by atoms with Crippen LogP contribution in [0.4, 0.5) is 0 Å². The van der Waals surface area contributed by atoms with Crippen LogP contribution < -0.4 is 0 Å². The van der Waals surface area contributed by atoms with Gasteiger partial charge in [-0.05, 0) is 30.4 Å². The van der Waals surface area contributed by atoms with E-state index in [4.69, 9.17) is 5.11 Å².